The van der Waals surface area contributed by atoms with E-state index in [0.717, 1.165) is 6.08 Å². The Morgan fingerprint density at radius 2 is 1.92 bits per heavy atom. The lowest BCUT2D eigenvalue weighted by Gasteiger charge is -2.08. The first-order chi connectivity index (χ1) is 6.02. The maximum Gasteiger partial charge on any atom is 0.330 e. The van der Waals surface area contributed by atoms with E-state index < -0.39 is 5.97 Å². The molecule has 0 aliphatic carbocycles. The van der Waals surface area contributed by atoms with Gasteiger partial charge in [-0.3, -0.25) is 4.79 Å². The Morgan fingerprint density at radius 1 is 1.31 bits per heavy atom. The number of ether oxygens (including phenoxy) is 1. The summed E-state index contributed by atoms with van der Waals surface area (Å²) < 4.78 is 4.78. The fraction of sp³-hybridized carbons (Fsp3) is 0.556. The molecule has 0 saturated carbocycles. The number of carbonyl (C=O) groups excluding carboxylic acids is 2. The number of nitrogens with zero attached hydrogens (tertiary/aromatic N) is 1. The second-order valence-electron chi connectivity index (χ2n) is 2.91. The van der Waals surface area contributed by atoms with Crippen molar-refractivity contribution in [3.05, 3.63) is 12.2 Å². The molecule has 4 nitrogen and oxygen atoms in total. The van der Waals surface area contributed by atoms with Crippen molar-refractivity contribution in [2.24, 2.45) is 0 Å². The van der Waals surface area contributed by atoms with E-state index >= 15 is 0 Å². The van der Waals surface area contributed by atoms with Crippen molar-refractivity contribution in [3.63, 3.8) is 0 Å². The maximum atomic E-state index is 10.8. The molecule has 13 heavy (non-hydrogen) atoms. The lowest BCUT2D eigenvalue weighted by Crippen LogP contribution is -2.19. The van der Waals surface area contributed by atoms with Gasteiger partial charge in [0.05, 0.1) is 0 Å². The van der Waals surface area contributed by atoms with Gasteiger partial charge in [0, 0.05) is 12.6 Å². The Balaban J connectivity index is 3.58. The van der Waals surface area contributed by atoms with Crippen LogP contribution in [0.5, 0.6) is 0 Å². The molecule has 0 aromatic rings. The minimum atomic E-state index is -0.475. The lowest BCUT2D eigenvalue weighted by atomic mass is 10.4. The van der Waals surface area contributed by atoms with Crippen molar-refractivity contribution in [1.82, 2.24) is 4.90 Å². The molecule has 0 unspecified atom stereocenters. The average molecular weight is 185 g/mol. The van der Waals surface area contributed by atoms with Gasteiger partial charge in [0.1, 0.15) is 6.61 Å². The summed E-state index contributed by atoms with van der Waals surface area (Å²) in [5.41, 5.74) is 0. The van der Waals surface area contributed by atoms with Crippen molar-refractivity contribution < 1.29 is 14.3 Å². The van der Waals surface area contributed by atoms with E-state index in [2.05, 4.69) is 0 Å². The van der Waals surface area contributed by atoms with Crippen LogP contribution in [0.25, 0.3) is 0 Å². The summed E-state index contributed by atoms with van der Waals surface area (Å²) in [6, 6.07) is 0. The summed E-state index contributed by atoms with van der Waals surface area (Å²) in [4.78, 5) is 23.2. The minimum Gasteiger partial charge on any atom is -0.461 e. The largest absolute Gasteiger partial charge is 0.461 e. The van der Waals surface area contributed by atoms with Gasteiger partial charge in [-0.2, -0.15) is 0 Å². The predicted octanol–water partition coefficient (Wildman–Crippen LogP) is 0.236. The molecule has 74 valence electrons. The van der Waals surface area contributed by atoms with Gasteiger partial charge in [-0.1, -0.05) is 0 Å². The topological polar surface area (TPSA) is 46.6 Å². The summed E-state index contributed by atoms with van der Waals surface area (Å²) in [6.07, 6.45) is 2.33. The van der Waals surface area contributed by atoms with E-state index in [9.17, 15) is 9.59 Å². The Morgan fingerprint density at radius 3 is 2.38 bits per heavy atom. The number of likely N-dealkylation sites (N-methyl/N-ethyl adjacent to an activating group) is 1. The minimum absolute atomic E-state index is 0.162. The number of rotatable bonds is 5. The molecule has 0 rings (SSSR count). The Bertz CT molecular complexity index is 209. The molecule has 0 spiro atoms. The van der Waals surface area contributed by atoms with Crippen molar-refractivity contribution in [2.45, 2.75) is 6.92 Å². The van der Waals surface area contributed by atoms with Crippen molar-refractivity contribution in [2.75, 3.05) is 27.2 Å². The van der Waals surface area contributed by atoms with Crippen molar-refractivity contribution in [3.8, 4) is 0 Å². The number of carbonyl (C=O) groups is 2. The number of hydrogen-bond acceptors (Lipinski definition) is 4. The van der Waals surface area contributed by atoms with Gasteiger partial charge in [-0.25, -0.2) is 4.79 Å². The van der Waals surface area contributed by atoms with Gasteiger partial charge in [-0.05, 0) is 27.1 Å². The maximum absolute atomic E-state index is 10.8. The van der Waals surface area contributed by atoms with Gasteiger partial charge in [0.15, 0.2) is 5.78 Å². The van der Waals surface area contributed by atoms with Crippen LogP contribution >= 0.6 is 0 Å². The first kappa shape index (κ1) is 11.8. The van der Waals surface area contributed by atoms with Crippen LogP contribution in [0.4, 0.5) is 0 Å². The number of allylic oxidation sites excluding steroid dienone is 1. The summed E-state index contributed by atoms with van der Waals surface area (Å²) in [5, 5.41) is 0. The van der Waals surface area contributed by atoms with Crippen LogP contribution < -0.4 is 0 Å². The monoisotopic (exact) mass is 185 g/mol. The van der Waals surface area contributed by atoms with Gasteiger partial charge in [0.25, 0.3) is 0 Å². The van der Waals surface area contributed by atoms with Crippen LogP contribution in [0, 0.1) is 0 Å². The summed E-state index contributed by atoms with van der Waals surface area (Å²) in [6.45, 7) is 2.40. The van der Waals surface area contributed by atoms with Crippen LogP contribution in [-0.2, 0) is 14.3 Å². The molecular weight excluding hydrogens is 170 g/mol. The van der Waals surface area contributed by atoms with Gasteiger partial charge in [0.2, 0.25) is 0 Å². The SMILES string of the molecule is CC(=O)/C=C/C(=O)OCCN(C)C. The summed E-state index contributed by atoms with van der Waals surface area (Å²) >= 11 is 0. The smallest absolute Gasteiger partial charge is 0.330 e. The fourth-order valence-electron chi connectivity index (χ4n) is 0.562. The molecule has 4 heteroatoms. The third kappa shape index (κ3) is 8.75. The van der Waals surface area contributed by atoms with E-state index in [4.69, 9.17) is 4.74 Å². The summed E-state index contributed by atoms with van der Waals surface area (Å²) in [5.74, 6) is -0.637. The molecule has 0 aliphatic rings. The van der Waals surface area contributed by atoms with Gasteiger partial charge < -0.3 is 9.64 Å². The first-order valence-electron chi connectivity index (χ1n) is 4.02. The zero-order chi connectivity index (χ0) is 10.3. The fourth-order valence-corrected chi connectivity index (χ4v) is 0.562. The number of hydrogen-bond donors (Lipinski definition) is 0. The molecule has 0 aromatic carbocycles. The van der Waals surface area contributed by atoms with Crippen LogP contribution in [0.3, 0.4) is 0 Å². The van der Waals surface area contributed by atoms with Crippen LogP contribution in [-0.4, -0.2) is 43.9 Å². The molecule has 0 atom stereocenters. The van der Waals surface area contributed by atoms with Gasteiger partial charge >= 0.3 is 5.97 Å². The zero-order valence-electron chi connectivity index (χ0n) is 8.24. The second-order valence-corrected chi connectivity index (χ2v) is 2.91. The Labute approximate surface area is 78.2 Å². The first-order valence-corrected chi connectivity index (χ1v) is 4.02. The molecule has 0 aromatic heterocycles. The predicted molar refractivity (Wildman–Crippen MR) is 49.3 cm³/mol. The highest BCUT2D eigenvalue weighted by atomic mass is 16.5. The van der Waals surface area contributed by atoms with Crippen molar-refractivity contribution in [1.29, 1.82) is 0 Å². The highest BCUT2D eigenvalue weighted by Gasteiger charge is 1.97. The van der Waals surface area contributed by atoms with Crippen molar-refractivity contribution >= 4 is 11.8 Å². The molecule has 0 radical (unpaired) electrons. The molecule has 0 saturated heterocycles. The van der Waals surface area contributed by atoms with Crippen LogP contribution in [0.2, 0.25) is 0 Å². The molecule has 0 bridgehead atoms. The number of ketones is 1. The molecule has 0 heterocycles. The Hall–Kier alpha value is -1.16. The quantitative estimate of drug-likeness (QED) is 0.454. The zero-order valence-corrected chi connectivity index (χ0v) is 8.24. The van der Waals surface area contributed by atoms with E-state index in [1.807, 2.05) is 19.0 Å². The average Bonchev–Trinajstić information content (AvgIpc) is 2.00. The highest BCUT2D eigenvalue weighted by molar-refractivity contribution is 5.94. The normalized spacial score (nSPS) is 10.8. The van der Waals surface area contributed by atoms with E-state index in [-0.39, 0.29) is 5.78 Å². The third-order valence-electron chi connectivity index (χ3n) is 1.24. The molecular formula is C9H15NO3. The number of esters is 1. The van der Waals surface area contributed by atoms with E-state index in [0.29, 0.717) is 13.2 Å². The van der Waals surface area contributed by atoms with E-state index in [1.165, 1.54) is 13.0 Å². The van der Waals surface area contributed by atoms with Crippen LogP contribution in [0.1, 0.15) is 6.92 Å². The molecule has 0 fully saturated rings. The van der Waals surface area contributed by atoms with Gasteiger partial charge in [-0.15, -0.1) is 0 Å². The van der Waals surface area contributed by atoms with E-state index in [1.54, 1.807) is 0 Å². The molecule has 0 aliphatic heterocycles. The third-order valence-corrected chi connectivity index (χ3v) is 1.24. The Kier molecular flexibility index (Phi) is 5.80. The standard InChI is InChI=1S/C9H15NO3/c1-8(11)4-5-9(12)13-7-6-10(2)3/h4-5H,6-7H2,1-3H3/b5-4+. The molecule has 0 N–H and O–H groups in total. The highest BCUT2D eigenvalue weighted by Crippen LogP contribution is 1.84. The molecule has 0 amide bonds. The second kappa shape index (κ2) is 6.37. The van der Waals surface area contributed by atoms with Crippen LogP contribution in [0.15, 0.2) is 12.2 Å². The lowest BCUT2D eigenvalue weighted by molar-refractivity contribution is -0.138. The summed E-state index contributed by atoms with van der Waals surface area (Å²) in [7, 11) is 3.78.